The molecule has 0 aromatic carbocycles. The molecule has 8 heteroatoms. The molecule has 0 bridgehead atoms. The number of hydrogen-bond acceptors (Lipinski definition) is 4. The fourth-order valence-corrected chi connectivity index (χ4v) is 4.37. The van der Waals surface area contributed by atoms with Gasteiger partial charge in [0, 0.05) is 16.6 Å². The average Bonchev–Trinajstić information content (AvgIpc) is 3.36. The van der Waals surface area contributed by atoms with E-state index in [9.17, 15) is 9.59 Å². The second kappa shape index (κ2) is 8.52. The molecule has 0 atom stereocenters. The van der Waals surface area contributed by atoms with Crippen molar-refractivity contribution in [2.75, 3.05) is 6.61 Å². The first-order valence-electron chi connectivity index (χ1n) is 10.3. The van der Waals surface area contributed by atoms with Gasteiger partial charge in [-0.15, -0.1) is 0 Å². The van der Waals surface area contributed by atoms with Gasteiger partial charge in [0.15, 0.2) is 0 Å². The zero-order valence-corrected chi connectivity index (χ0v) is 17.9. The Hall–Kier alpha value is -2.80. The van der Waals surface area contributed by atoms with Crippen LogP contribution < -0.4 is 15.6 Å². The molecule has 3 aromatic rings. The van der Waals surface area contributed by atoms with Gasteiger partial charge < -0.3 is 15.0 Å². The van der Waals surface area contributed by atoms with Crippen molar-refractivity contribution >= 4 is 23.0 Å². The number of halogens is 1. The molecule has 158 valence electrons. The Morgan fingerprint density at radius 2 is 2.10 bits per heavy atom. The third-order valence-electron chi connectivity index (χ3n) is 5.57. The Kier molecular flexibility index (Phi) is 5.81. The van der Waals surface area contributed by atoms with Crippen LogP contribution in [0.15, 0.2) is 29.3 Å². The standard InChI is InChI=1S/C22H25ClN4O3/c1-3-30-19-8-13(2)26-21(28)16(19)11-24-22(29)18-10-15(23)9-17-20(25-12-27(17)18)14-6-4-5-7-14/h8-10,12,14H,3-7,11H2,1-2H3,(H,24,29)(H,26,28). The summed E-state index contributed by atoms with van der Waals surface area (Å²) in [6.07, 6.45) is 6.29. The van der Waals surface area contributed by atoms with Crippen molar-refractivity contribution in [3.63, 3.8) is 0 Å². The van der Waals surface area contributed by atoms with E-state index >= 15 is 0 Å². The quantitative estimate of drug-likeness (QED) is 0.621. The molecular formula is C22H25ClN4O3. The Balaban J connectivity index is 1.62. The number of carbonyl (C=O) groups excluding carboxylic acids is 1. The molecule has 0 unspecified atom stereocenters. The highest BCUT2D eigenvalue weighted by atomic mass is 35.5. The van der Waals surface area contributed by atoms with Gasteiger partial charge in [0.25, 0.3) is 11.5 Å². The van der Waals surface area contributed by atoms with Gasteiger partial charge in [0.05, 0.1) is 29.9 Å². The van der Waals surface area contributed by atoms with Gasteiger partial charge in [-0.3, -0.25) is 14.0 Å². The van der Waals surface area contributed by atoms with Crippen LogP contribution in [0.3, 0.4) is 0 Å². The molecule has 1 aliphatic rings. The summed E-state index contributed by atoms with van der Waals surface area (Å²) in [5.74, 6) is 0.547. The van der Waals surface area contributed by atoms with Crippen molar-refractivity contribution < 1.29 is 9.53 Å². The van der Waals surface area contributed by atoms with Crippen LogP contribution in [-0.4, -0.2) is 26.9 Å². The molecule has 1 amide bonds. The number of rotatable bonds is 6. The number of aromatic nitrogens is 3. The molecule has 30 heavy (non-hydrogen) atoms. The van der Waals surface area contributed by atoms with Crippen molar-refractivity contribution in [1.29, 1.82) is 0 Å². The molecule has 2 N–H and O–H groups in total. The van der Waals surface area contributed by atoms with Crippen molar-refractivity contribution in [2.45, 2.75) is 52.0 Å². The molecular weight excluding hydrogens is 404 g/mol. The fraction of sp³-hybridized carbons (Fsp3) is 0.409. The van der Waals surface area contributed by atoms with Crippen LogP contribution in [0.25, 0.3) is 5.52 Å². The summed E-state index contributed by atoms with van der Waals surface area (Å²) in [5, 5.41) is 3.31. The van der Waals surface area contributed by atoms with Gasteiger partial charge in [0.1, 0.15) is 17.8 Å². The van der Waals surface area contributed by atoms with Crippen LogP contribution in [0.5, 0.6) is 5.75 Å². The van der Waals surface area contributed by atoms with Crippen LogP contribution in [0.2, 0.25) is 5.02 Å². The van der Waals surface area contributed by atoms with Gasteiger partial charge in [-0.1, -0.05) is 24.4 Å². The molecule has 1 fully saturated rings. The Morgan fingerprint density at radius 1 is 1.33 bits per heavy atom. The third-order valence-corrected chi connectivity index (χ3v) is 5.79. The number of fused-ring (bicyclic) bond motifs is 1. The molecule has 0 spiro atoms. The Morgan fingerprint density at radius 3 is 2.83 bits per heavy atom. The highest BCUT2D eigenvalue weighted by molar-refractivity contribution is 6.31. The number of carbonyl (C=O) groups is 1. The van der Waals surface area contributed by atoms with Gasteiger partial charge in [-0.2, -0.15) is 0 Å². The van der Waals surface area contributed by atoms with Crippen molar-refractivity contribution in [3.8, 4) is 5.75 Å². The number of nitrogens with zero attached hydrogens (tertiary/aromatic N) is 2. The highest BCUT2D eigenvalue weighted by Crippen LogP contribution is 2.36. The first-order valence-corrected chi connectivity index (χ1v) is 10.7. The number of H-pyrrole nitrogens is 1. The monoisotopic (exact) mass is 428 g/mol. The molecule has 7 nitrogen and oxygen atoms in total. The molecule has 4 rings (SSSR count). The number of aryl methyl sites for hydroxylation is 1. The molecule has 1 saturated carbocycles. The van der Waals surface area contributed by atoms with Crippen molar-refractivity contribution in [1.82, 2.24) is 19.7 Å². The predicted octanol–water partition coefficient (Wildman–Crippen LogP) is 3.97. The van der Waals surface area contributed by atoms with E-state index in [1.54, 1.807) is 29.8 Å². The number of imidazole rings is 1. The summed E-state index contributed by atoms with van der Waals surface area (Å²) in [6.45, 7) is 4.11. The van der Waals surface area contributed by atoms with E-state index in [1.165, 1.54) is 12.8 Å². The summed E-state index contributed by atoms with van der Waals surface area (Å²) in [6, 6.07) is 5.23. The second-order valence-electron chi connectivity index (χ2n) is 7.67. The first kappa shape index (κ1) is 20.5. The first-order chi connectivity index (χ1) is 14.5. The van der Waals surface area contributed by atoms with E-state index in [4.69, 9.17) is 16.3 Å². The summed E-state index contributed by atoms with van der Waals surface area (Å²) in [4.78, 5) is 32.7. The van der Waals surface area contributed by atoms with Gasteiger partial charge in [-0.05, 0) is 44.9 Å². The third kappa shape index (κ3) is 3.94. The maximum Gasteiger partial charge on any atom is 0.268 e. The number of hydrogen-bond donors (Lipinski definition) is 2. The topological polar surface area (TPSA) is 88.5 Å². The lowest BCUT2D eigenvalue weighted by Gasteiger charge is -2.13. The summed E-state index contributed by atoms with van der Waals surface area (Å²) < 4.78 is 7.35. The fourth-order valence-electron chi connectivity index (χ4n) is 4.17. The maximum absolute atomic E-state index is 13.0. The molecule has 0 aliphatic heterocycles. The number of amides is 1. The minimum atomic E-state index is -0.333. The normalized spacial score (nSPS) is 14.4. The van der Waals surface area contributed by atoms with Gasteiger partial charge in [0.2, 0.25) is 0 Å². The Bertz CT molecular complexity index is 1150. The smallest absolute Gasteiger partial charge is 0.268 e. The largest absolute Gasteiger partial charge is 0.493 e. The lowest BCUT2D eigenvalue weighted by atomic mass is 10.0. The molecule has 3 heterocycles. The van der Waals surface area contributed by atoms with E-state index in [0.717, 1.165) is 24.1 Å². The minimum Gasteiger partial charge on any atom is -0.493 e. The highest BCUT2D eigenvalue weighted by Gasteiger charge is 2.23. The van der Waals surface area contributed by atoms with E-state index in [1.807, 2.05) is 13.0 Å². The van der Waals surface area contributed by atoms with Crippen LogP contribution in [0.1, 0.15) is 66.0 Å². The summed E-state index contributed by atoms with van der Waals surface area (Å²) in [7, 11) is 0. The van der Waals surface area contributed by atoms with Crippen LogP contribution in [0.4, 0.5) is 0 Å². The average molecular weight is 429 g/mol. The number of ether oxygens (including phenoxy) is 1. The van der Waals surface area contributed by atoms with E-state index in [-0.39, 0.29) is 18.0 Å². The van der Waals surface area contributed by atoms with Crippen molar-refractivity contribution in [2.24, 2.45) is 0 Å². The Labute approximate surface area is 179 Å². The minimum absolute atomic E-state index is 0.0436. The molecule has 0 radical (unpaired) electrons. The predicted molar refractivity (Wildman–Crippen MR) is 116 cm³/mol. The molecule has 1 aliphatic carbocycles. The lowest BCUT2D eigenvalue weighted by molar-refractivity contribution is 0.0944. The summed E-state index contributed by atoms with van der Waals surface area (Å²) >= 11 is 6.33. The number of nitrogens with one attached hydrogen (secondary N) is 2. The SMILES string of the molecule is CCOc1cc(C)[nH]c(=O)c1CNC(=O)c1cc(Cl)cc2c(C3CCCC3)ncn12. The molecule has 0 saturated heterocycles. The van der Waals surface area contributed by atoms with Gasteiger partial charge >= 0.3 is 0 Å². The van der Waals surface area contributed by atoms with Crippen LogP contribution in [0, 0.1) is 6.92 Å². The van der Waals surface area contributed by atoms with Crippen molar-refractivity contribution in [3.05, 3.63) is 62.5 Å². The summed E-state index contributed by atoms with van der Waals surface area (Å²) in [5.41, 5.74) is 3.05. The van der Waals surface area contributed by atoms with E-state index in [0.29, 0.717) is 40.2 Å². The lowest BCUT2D eigenvalue weighted by Crippen LogP contribution is -2.29. The zero-order valence-electron chi connectivity index (χ0n) is 17.1. The van der Waals surface area contributed by atoms with E-state index in [2.05, 4.69) is 15.3 Å². The zero-order chi connectivity index (χ0) is 21.3. The van der Waals surface area contributed by atoms with E-state index < -0.39 is 0 Å². The second-order valence-corrected chi connectivity index (χ2v) is 8.10. The van der Waals surface area contributed by atoms with Crippen LogP contribution in [-0.2, 0) is 6.54 Å². The van der Waals surface area contributed by atoms with Gasteiger partial charge in [-0.25, -0.2) is 4.98 Å². The maximum atomic E-state index is 13.0. The molecule has 3 aromatic heterocycles. The number of aromatic amines is 1. The van der Waals surface area contributed by atoms with Crippen LogP contribution >= 0.6 is 11.6 Å². The number of pyridine rings is 2.